The van der Waals surface area contributed by atoms with Crippen LogP contribution in [0.2, 0.25) is 0 Å². The monoisotopic (exact) mass is 322 g/mol. The summed E-state index contributed by atoms with van der Waals surface area (Å²) in [5, 5.41) is 13.4. The maximum atomic E-state index is 12.0. The van der Waals surface area contributed by atoms with Gasteiger partial charge in [0.1, 0.15) is 0 Å². The molecular weight excluding hydrogens is 308 g/mol. The van der Waals surface area contributed by atoms with Crippen LogP contribution in [0.25, 0.3) is 0 Å². The molecule has 0 amide bonds. The lowest BCUT2D eigenvalue weighted by Crippen LogP contribution is -2.37. The molecule has 1 aliphatic rings. The zero-order chi connectivity index (χ0) is 13.9. The highest BCUT2D eigenvalue weighted by Crippen LogP contribution is 2.20. The Kier molecular flexibility index (Phi) is 5.81. The molecule has 20 heavy (non-hydrogen) atoms. The number of hydrogen-bond donors (Lipinski definition) is 2. The molecule has 0 aliphatic carbocycles. The third kappa shape index (κ3) is 3.85. The molecule has 0 radical (unpaired) electrons. The first-order valence-corrected chi connectivity index (χ1v) is 7.31. The molecule has 10 heteroatoms. The Morgan fingerprint density at radius 3 is 2.90 bits per heavy atom. The van der Waals surface area contributed by atoms with Gasteiger partial charge in [0.15, 0.2) is 0 Å². The van der Waals surface area contributed by atoms with Crippen LogP contribution < -0.4 is 10.0 Å². The van der Waals surface area contributed by atoms with Gasteiger partial charge < -0.3 is 5.32 Å². The quantitative estimate of drug-likeness (QED) is 0.600. The van der Waals surface area contributed by atoms with Crippen LogP contribution in [0.15, 0.2) is 23.4 Å². The minimum Gasteiger partial charge on any atom is -0.313 e. The molecule has 1 fully saturated rings. The molecule has 2 N–H and O–H groups in total. The summed E-state index contributed by atoms with van der Waals surface area (Å²) in [6.07, 6.45) is 3.10. The van der Waals surface area contributed by atoms with Crippen LogP contribution in [0.4, 0.5) is 5.69 Å². The first-order chi connectivity index (χ1) is 9.00. The summed E-state index contributed by atoms with van der Waals surface area (Å²) in [4.78, 5) is 13.6. The minimum absolute atomic E-state index is 0. The number of hydrogen-bond acceptors (Lipinski definition) is 6. The van der Waals surface area contributed by atoms with Gasteiger partial charge in [-0.1, -0.05) is 0 Å². The first kappa shape index (κ1) is 16.8. The van der Waals surface area contributed by atoms with Crippen LogP contribution >= 0.6 is 12.4 Å². The maximum absolute atomic E-state index is 12.0. The van der Waals surface area contributed by atoms with Gasteiger partial charge in [-0.15, -0.1) is 12.4 Å². The third-order valence-electron chi connectivity index (χ3n) is 2.88. The van der Waals surface area contributed by atoms with Gasteiger partial charge in [0, 0.05) is 24.8 Å². The van der Waals surface area contributed by atoms with E-state index < -0.39 is 25.7 Å². The van der Waals surface area contributed by atoms with E-state index in [0.717, 1.165) is 25.5 Å². The molecular formula is C10H15ClN4O4S. The van der Waals surface area contributed by atoms with E-state index >= 15 is 0 Å². The molecule has 112 valence electrons. The SMILES string of the molecule is Cl.O=[N+]([O-])c1cccnc1S(=O)(=O)NCC1CCCN1. The van der Waals surface area contributed by atoms with Crippen LogP contribution in [-0.4, -0.2) is 37.5 Å². The van der Waals surface area contributed by atoms with E-state index in [1.54, 1.807) is 0 Å². The topological polar surface area (TPSA) is 114 Å². The van der Waals surface area contributed by atoms with Crippen molar-refractivity contribution in [1.82, 2.24) is 15.0 Å². The molecule has 1 aliphatic heterocycles. The van der Waals surface area contributed by atoms with Gasteiger partial charge in [-0.25, -0.2) is 18.1 Å². The number of aromatic nitrogens is 1. The lowest BCUT2D eigenvalue weighted by atomic mass is 10.2. The van der Waals surface area contributed by atoms with Gasteiger partial charge in [0.2, 0.25) is 5.03 Å². The summed E-state index contributed by atoms with van der Waals surface area (Å²) < 4.78 is 26.4. The number of pyridine rings is 1. The Balaban J connectivity index is 0.00000200. The van der Waals surface area contributed by atoms with E-state index in [4.69, 9.17) is 0 Å². The summed E-state index contributed by atoms with van der Waals surface area (Å²) in [6.45, 7) is 1.06. The second kappa shape index (κ2) is 6.93. The van der Waals surface area contributed by atoms with E-state index in [1.807, 2.05) is 0 Å². The fourth-order valence-electron chi connectivity index (χ4n) is 1.94. The number of nitrogens with zero attached hydrogens (tertiary/aromatic N) is 2. The first-order valence-electron chi connectivity index (χ1n) is 5.83. The Morgan fingerprint density at radius 2 is 2.30 bits per heavy atom. The zero-order valence-electron chi connectivity index (χ0n) is 10.5. The van der Waals surface area contributed by atoms with Crippen molar-refractivity contribution in [2.45, 2.75) is 23.9 Å². The highest BCUT2D eigenvalue weighted by molar-refractivity contribution is 7.89. The van der Waals surface area contributed by atoms with Crippen molar-refractivity contribution in [3.8, 4) is 0 Å². The third-order valence-corrected chi connectivity index (χ3v) is 4.25. The van der Waals surface area contributed by atoms with Gasteiger partial charge in [0.05, 0.1) is 4.92 Å². The van der Waals surface area contributed by atoms with E-state index in [1.165, 1.54) is 12.3 Å². The van der Waals surface area contributed by atoms with Crippen molar-refractivity contribution in [1.29, 1.82) is 0 Å². The molecule has 2 rings (SSSR count). The van der Waals surface area contributed by atoms with Gasteiger partial charge in [0.25, 0.3) is 10.0 Å². The summed E-state index contributed by atoms with van der Waals surface area (Å²) in [7, 11) is -3.97. The predicted octanol–water partition coefficient (Wildman–Crippen LogP) is 0.442. The summed E-state index contributed by atoms with van der Waals surface area (Å²) in [6, 6.07) is 2.52. The molecule has 2 heterocycles. The van der Waals surface area contributed by atoms with Gasteiger partial charge >= 0.3 is 5.69 Å². The van der Waals surface area contributed by atoms with Gasteiger partial charge in [-0.2, -0.15) is 0 Å². The van der Waals surface area contributed by atoms with E-state index in [0.29, 0.717) is 0 Å². The van der Waals surface area contributed by atoms with E-state index in [-0.39, 0.29) is 25.0 Å². The van der Waals surface area contributed by atoms with Crippen molar-refractivity contribution in [2.24, 2.45) is 0 Å². The average Bonchev–Trinajstić information content (AvgIpc) is 2.89. The Morgan fingerprint density at radius 1 is 1.55 bits per heavy atom. The normalized spacial score (nSPS) is 18.5. The minimum atomic E-state index is -3.97. The number of nitro groups is 1. The van der Waals surface area contributed by atoms with Crippen molar-refractivity contribution < 1.29 is 13.3 Å². The van der Waals surface area contributed by atoms with Crippen LogP contribution in [0.5, 0.6) is 0 Å². The molecule has 0 aromatic carbocycles. The van der Waals surface area contributed by atoms with Crippen molar-refractivity contribution in [3.63, 3.8) is 0 Å². The summed E-state index contributed by atoms with van der Waals surface area (Å²) in [5.74, 6) is 0. The predicted molar refractivity (Wildman–Crippen MR) is 74.4 cm³/mol. The number of halogens is 1. The van der Waals surface area contributed by atoms with Crippen LogP contribution in [0.3, 0.4) is 0 Å². The lowest BCUT2D eigenvalue weighted by Gasteiger charge is -2.11. The molecule has 1 atom stereocenters. The fourth-order valence-corrected chi connectivity index (χ4v) is 3.11. The molecule has 0 saturated carbocycles. The second-order valence-corrected chi connectivity index (χ2v) is 5.91. The molecule has 1 aromatic rings. The molecule has 1 unspecified atom stereocenters. The fraction of sp³-hybridized carbons (Fsp3) is 0.500. The highest BCUT2D eigenvalue weighted by atomic mass is 35.5. The van der Waals surface area contributed by atoms with E-state index in [2.05, 4.69) is 15.0 Å². The van der Waals surface area contributed by atoms with Crippen LogP contribution in [0.1, 0.15) is 12.8 Å². The Labute approximate surface area is 122 Å². The van der Waals surface area contributed by atoms with E-state index in [9.17, 15) is 18.5 Å². The largest absolute Gasteiger partial charge is 0.313 e. The molecule has 0 spiro atoms. The van der Waals surface area contributed by atoms with Crippen molar-refractivity contribution >= 4 is 28.1 Å². The van der Waals surface area contributed by atoms with Crippen LogP contribution in [-0.2, 0) is 10.0 Å². The molecule has 0 bridgehead atoms. The highest BCUT2D eigenvalue weighted by Gasteiger charge is 2.28. The van der Waals surface area contributed by atoms with Crippen molar-refractivity contribution in [2.75, 3.05) is 13.1 Å². The van der Waals surface area contributed by atoms with Gasteiger partial charge in [-0.05, 0) is 25.5 Å². The number of rotatable bonds is 5. The maximum Gasteiger partial charge on any atom is 0.308 e. The Bertz CT molecular complexity index is 574. The standard InChI is InChI=1S/C10H14N4O4S.ClH/c15-14(16)9-4-2-6-12-10(9)19(17,18)13-7-8-3-1-5-11-8;/h2,4,6,8,11,13H,1,3,5,7H2;1H. The average molecular weight is 323 g/mol. The second-order valence-electron chi connectivity index (χ2n) is 4.23. The van der Waals surface area contributed by atoms with Crippen LogP contribution in [0, 0.1) is 10.1 Å². The zero-order valence-corrected chi connectivity index (χ0v) is 12.1. The summed E-state index contributed by atoms with van der Waals surface area (Å²) >= 11 is 0. The van der Waals surface area contributed by atoms with Crippen molar-refractivity contribution in [3.05, 3.63) is 28.4 Å². The Hall–Kier alpha value is -1.29. The number of nitrogens with one attached hydrogen (secondary N) is 2. The number of sulfonamides is 1. The summed E-state index contributed by atoms with van der Waals surface area (Å²) in [5.41, 5.74) is -0.519. The smallest absolute Gasteiger partial charge is 0.308 e. The lowest BCUT2D eigenvalue weighted by molar-refractivity contribution is -0.388. The van der Waals surface area contributed by atoms with Gasteiger partial charge in [-0.3, -0.25) is 10.1 Å². The molecule has 1 saturated heterocycles. The molecule has 1 aromatic heterocycles. The molecule has 8 nitrogen and oxygen atoms in total.